The molecule has 0 bridgehead atoms. The number of hydrogen-bond donors (Lipinski definition) is 1. The lowest BCUT2D eigenvalue weighted by Gasteiger charge is -1.99. The maximum Gasteiger partial charge on any atom is 0.189 e. The fraction of sp³-hybridized carbons (Fsp3) is 0.0625. The van der Waals surface area contributed by atoms with Gasteiger partial charge in [-0.05, 0) is 30.3 Å². The lowest BCUT2D eigenvalue weighted by atomic mass is 10.1. The molecular formula is C16H10F2O2. The van der Waals surface area contributed by atoms with Gasteiger partial charge in [-0.2, -0.15) is 0 Å². The number of ketones is 1. The van der Waals surface area contributed by atoms with Crippen LogP contribution >= 0.6 is 0 Å². The number of phenolic OH excluding ortho intramolecular Hbond substituents is 1. The number of phenols is 1. The third kappa shape index (κ3) is 1.99. The fourth-order valence-electron chi connectivity index (χ4n) is 2.35. The first-order chi connectivity index (χ1) is 9.56. The number of carbonyl (C=O) groups excluding carboxylic acids is 1. The highest BCUT2D eigenvalue weighted by Crippen LogP contribution is 2.33. The minimum atomic E-state index is -0.591. The maximum absolute atomic E-state index is 13.6. The Morgan fingerprint density at radius 3 is 2.70 bits per heavy atom. The number of hydrogen-bond acceptors (Lipinski definition) is 2. The van der Waals surface area contributed by atoms with E-state index in [2.05, 4.69) is 0 Å². The zero-order chi connectivity index (χ0) is 14.3. The molecule has 3 rings (SSSR count). The van der Waals surface area contributed by atoms with Crippen LogP contribution in [0.5, 0.6) is 5.75 Å². The van der Waals surface area contributed by atoms with Gasteiger partial charge in [0.1, 0.15) is 17.4 Å². The van der Waals surface area contributed by atoms with E-state index >= 15 is 0 Å². The summed E-state index contributed by atoms with van der Waals surface area (Å²) in [6.07, 6.45) is 1.55. The first-order valence-corrected chi connectivity index (χ1v) is 6.07. The molecule has 1 aliphatic rings. The standard InChI is InChI=1S/C16H10F2O2/c17-11-4-5-14(18)9(7-11)6-10-8-13-12(16(10)20)2-1-3-15(13)19/h1-7,19H,8H2/b10-6-. The van der Waals surface area contributed by atoms with Crippen LogP contribution in [0.3, 0.4) is 0 Å². The predicted octanol–water partition coefficient (Wildman–Crippen LogP) is 3.49. The van der Waals surface area contributed by atoms with Crippen LogP contribution in [0.4, 0.5) is 8.78 Å². The van der Waals surface area contributed by atoms with Crippen LogP contribution in [-0.2, 0) is 6.42 Å². The number of fused-ring (bicyclic) bond motifs is 1. The van der Waals surface area contributed by atoms with E-state index in [0.29, 0.717) is 16.7 Å². The van der Waals surface area contributed by atoms with Gasteiger partial charge in [0.2, 0.25) is 0 Å². The van der Waals surface area contributed by atoms with Gasteiger partial charge >= 0.3 is 0 Å². The van der Waals surface area contributed by atoms with E-state index in [1.165, 1.54) is 12.1 Å². The Hall–Kier alpha value is -2.49. The van der Waals surface area contributed by atoms with E-state index in [9.17, 15) is 18.7 Å². The van der Waals surface area contributed by atoms with Gasteiger partial charge in [0, 0.05) is 28.7 Å². The van der Waals surface area contributed by atoms with Gasteiger partial charge in [-0.15, -0.1) is 0 Å². The third-order valence-corrected chi connectivity index (χ3v) is 3.34. The monoisotopic (exact) mass is 272 g/mol. The van der Waals surface area contributed by atoms with E-state index in [4.69, 9.17) is 0 Å². The number of benzene rings is 2. The molecule has 0 fully saturated rings. The molecule has 4 heteroatoms. The van der Waals surface area contributed by atoms with Gasteiger partial charge in [0.05, 0.1) is 0 Å². The molecule has 0 saturated carbocycles. The summed E-state index contributed by atoms with van der Waals surface area (Å²) in [6, 6.07) is 7.77. The molecule has 0 saturated heterocycles. The van der Waals surface area contributed by atoms with Crippen molar-refractivity contribution in [2.24, 2.45) is 0 Å². The minimum Gasteiger partial charge on any atom is -0.508 e. The average Bonchev–Trinajstić information content (AvgIpc) is 2.73. The Morgan fingerprint density at radius 2 is 1.95 bits per heavy atom. The van der Waals surface area contributed by atoms with Crippen LogP contribution < -0.4 is 0 Å². The number of Topliss-reactive ketones (excluding diaryl/α,β-unsaturated/α-hetero) is 1. The Balaban J connectivity index is 2.06. The van der Waals surface area contributed by atoms with Crippen molar-refractivity contribution in [1.29, 1.82) is 0 Å². The minimum absolute atomic E-state index is 0.0284. The summed E-state index contributed by atoms with van der Waals surface area (Å²) in [6.45, 7) is 0. The van der Waals surface area contributed by atoms with Crippen molar-refractivity contribution in [2.45, 2.75) is 6.42 Å². The Morgan fingerprint density at radius 1 is 1.15 bits per heavy atom. The molecule has 100 valence electrons. The summed E-state index contributed by atoms with van der Waals surface area (Å²) >= 11 is 0. The van der Waals surface area contributed by atoms with Gasteiger partial charge in [-0.3, -0.25) is 4.79 Å². The second-order valence-corrected chi connectivity index (χ2v) is 4.64. The number of allylic oxidation sites excluding steroid dienone is 1. The van der Waals surface area contributed by atoms with E-state index < -0.39 is 11.6 Å². The molecule has 2 nitrogen and oxygen atoms in total. The summed E-state index contributed by atoms with van der Waals surface area (Å²) in [7, 11) is 0. The van der Waals surface area contributed by atoms with Crippen LogP contribution in [0, 0.1) is 11.6 Å². The molecule has 0 heterocycles. The molecule has 0 spiro atoms. The summed E-state index contributed by atoms with van der Waals surface area (Å²) in [4.78, 5) is 12.2. The molecule has 1 N–H and O–H groups in total. The van der Waals surface area contributed by atoms with Gasteiger partial charge in [-0.25, -0.2) is 8.78 Å². The first-order valence-electron chi connectivity index (χ1n) is 6.07. The van der Waals surface area contributed by atoms with Crippen molar-refractivity contribution in [3.05, 3.63) is 70.3 Å². The van der Waals surface area contributed by atoms with Crippen LogP contribution in [0.1, 0.15) is 21.5 Å². The van der Waals surface area contributed by atoms with Crippen molar-refractivity contribution in [2.75, 3.05) is 0 Å². The zero-order valence-electron chi connectivity index (χ0n) is 10.4. The summed E-state index contributed by atoms with van der Waals surface area (Å²) in [5.41, 5.74) is 1.31. The first kappa shape index (κ1) is 12.5. The zero-order valence-corrected chi connectivity index (χ0v) is 10.4. The van der Waals surface area contributed by atoms with E-state index in [0.717, 1.165) is 18.2 Å². The molecule has 1 aliphatic carbocycles. The van der Waals surface area contributed by atoms with Gasteiger partial charge in [0.25, 0.3) is 0 Å². The topological polar surface area (TPSA) is 37.3 Å². The van der Waals surface area contributed by atoms with Crippen molar-refractivity contribution < 1.29 is 18.7 Å². The van der Waals surface area contributed by atoms with Crippen LogP contribution in [-0.4, -0.2) is 10.9 Å². The largest absolute Gasteiger partial charge is 0.508 e. The summed E-state index contributed by atoms with van der Waals surface area (Å²) in [5.74, 6) is -1.38. The lowest BCUT2D eigenvalue weighted by molar-refractivity contribution is 0.104. The molecule has 0 unspecified atom stereocenters. The molecule has 20 heavy (non-hydrogen) atoms. The van der Waals surface area contributed by atoms with Crippen molar-refractivity contribution >= 4 is 11.9 Å². The number of halogens is 2. The average molecular weight is 272 g/mol. The van der Waals surface area contributed by atoms with Gasteiger partial charge in [0.15, 0.2) is 5.78 Å². The molecule has 0 aromatic heterocycles. The van der Waals surface area contributed by atoms with Crippen molar-refractivity contribution in [1.82, 2.24) is 0 Å². The predicted molar refractivity (Wildman–Crippen MR) is 70.5 cm³/mol. The highest BCUT2D eigenvalue weighted by Gasteiger charge is 2.27. The van der Waals surface area contributed by atoms with Gasteiger partial charge < -0.3 is 5.11 Å². The highest BCUT2D eigenvalue weighted by atomic mass is 19.1. The van der Waals surface area contributed by atoms with E-state index in [1.807, 2.05) is 0 Å². The van der Waals surface area contributed by atoms with Crippen molar-refractivity contribution in [3.63, 3.8) is 0 Å². The summed E-state index contributed by atoms with van der Waals surface area (Å²) < 4.78 is 26.7. The SMILES string of the molecule is O=C1/C(=C\c2cc(F)ccc2F)Cc2c(O)cccc21. The number of aromatic hydroxyl groups is 1. The Bertz CT molecular complexity index is 748. The molecule has 2 aromatic carbocycles. The third-order valence-electron chi connectivity index (χ3n) is 3.34. The second-order valence-electron chi connectivity index (χ2n) is 4.64. The summed E-state index contributed by atoms with van der Waals surface area (Å²) in [5, 5.41) is 9.72. The van der Waals surface area contributed by atoms with Gasteiger partial charge in [-0.1, -0.05) is 12.1 Å². The molecule has 0 amide bonds. The molecule has 2 aromatic rings. The molecular weight excluding hydrogens is 262 g/mol. The quantitative estimate of drug-likeness (QED) is 0.807. The smallest absolute Gasteiger partial charge is 0.189 e. The Kier molecular flexibility index (Phi) is 2.86. The second kappa shape index (κ2) is 4.56. The van der Waals surface area contributed by atoms with Crippen LogP contribution in [0.15, 0.2) is 42.0 Å². The van der Waals surface area contributed by atoms with Crippen molar-refractivity contribution in [3.8, 4) is 5.75 Å². The Labute approximate surface area is 114 Å². The maximum atomic E-state index is 13.6. The highest BCUT2D eigenvalue weighted by molar-refractivity contribution is 6.16. The van der Waals surface area contributed by atoms with Crippen LogP contribution in [0.2, 0.25) is 0 Å². The number of carbonyl (C=O) groups is 1. The molecule has 0 radical (unpaired) electrons. The normalized spacial score (nSPS) is 15.7. The molecule has 0 aliphatic heterocycles. The fourth-order valence-corrected chi connectivity index (χ4v) is 2.35. The van der Waals surface area contributed by atoms with E-state index in [1.54, 1.807) is 12.1 Å². The lowest BCUT2D eigenvalue weighted by Crippen LogP contribution is -1.96. The van der Waals surface area contributed by atoms with Crippen LogP contribution in [0.25, 0.3) is 6.08 Å². The number of rotatable bonds is 1. The molecule has 0 atom stereocenters. The van der Waals surface area contributed by atoms with E-state index in [-0.39, 0.29) is 23.5 Å².